The Labute approximate surface area is 122 Å². The zero-order valence-corrected chi connectivity index (χ0v) is 12.8. The minimum atomic E-state index is 0.642. The molecule has 20 heavy (non-hydrogen) atoms. The van der Waals surface area contributed by atoms with Gasteiger partial charge in [0.1, 0.15) is 0 Å². The van der Waals surface area contributed by atoms with Crippen molar-refractivity contribution in [1.82, 2.24) is 4.98 Å². The number of hydrogen-bond donors (Lipinski definition) is 0. The molecule has 1 nitrogen and oxygen atoms in total. The lowest BCUT2D eigenvalue weighted by molar-refractivity contribution is 0.194. The molecule has 0 saturated heterocycles. The van der Waals surface area contributed by atoms with Crippen LogP contribution in [0, 0.1) is 17.8 Å². The van der Waals surface area contributed by atoms with Crippen molar-refractivity contribution in [2.75, 3.05) is 0 Å². The quantitative estimate of drug-likeness (QED) is 0.709. The molecular formula is C19H25N. The Bertz CT molecular complexity index is 587. The Balaban J connectivity index is 1.98. The summed E-state index contributed by atoms with van der Waals surface area (Å²) < 4.78 is 0. The van der Waals surface area contributed by atoms with Gasteiger partial charge in [0.15, 0.2) is 0 Å². The summed E-state index contributed by atoms with van der Waals surface area (Å²) in [6, 6.07) is 13.0. The van der Waals surface area contributed by atoms with E-state index in [1.807, 2.05) is 0 Å². The van der Waals surface area contributed by atoms with Crippen LogP contribution in [0.25, 0.3) is 10.9 Å². The van der Waals surface area contributed by atoms with E-state index in [2.05, 4.69) is 57.2 Å². The standard InChI is InChI=1S/C19H25N/c1-13(2)16-10-8-14(3)12-17(16)19-11-9-15-6-4-5-7-18(15)20-19/h4-7,9,11,13-14,16-17H,8,10,12H2,1-3H3/t14-,16+,17-/m1/s1. The monoisotopic (exact) mass is 267 g/mol. The third-order valence-electron chi connectivity index (χ3n) is 5.02. The zero-order valence-electron chi connectivity index (χ0n) is 12.8. The van der Waals surface area contributed by atoms with Crippen molar-refractivity contribution in [2.45, 2.75) is 46.0 Å². The number of nitrogens with zero attached hydrogens (tertiary/aromatic N) is 1. The number of hydrogen-bond acceptors (Lipinski definition) is 1. The molecule has 1 aliphatic rings. The maximum Gasteiger partial charge on any atom is 0.0705 e. The second-order valence-corrected chi connectivity index (χ2v) is 6.86. The van der Waals surface area contributed by atoms with Gasteiger partial charge in [0, 0.05) is 17.0 Å². The number of para-hydroxylation sites is 1. The molecule has 1 fully saturated rings. The van der Waals surface area contributed by atoms with Gasteiger partial charge in [0.05, 0.1) is 5.52 Å². The van der Waals surface area contributed by atoms with Crippen LogP contribution in [0.15, 0.2) is 36.4 Å². The molecule has 1 heterocycles. The van der Waals surface area contributed by atoms with Gasteiger partial charge in [-0.1, -0.05) is 51.5 Å². The smallest absolute Gasteiger partial charge is 0.0705 e. The van der Waals surface area contributed by atoms with E-state index in [1.165, 1.54) is 30.3 Å². The third-order valence-corrected chi connectivity index (χ3v) is 5.02. The van der Waals surface area contributed by atoms with Crippen LogP contribution >= 0.6 is 0 Å². The fraction of sp³-hybridized carbons (Fsp3) is 0.526. The largest absolute Gasteiger partial charge is 0.253 e. The molecule has 1 saturated carbocycles. The molecule has 0 unspecified atom stereocenters. The average molecular weight is 267 g/mol. The minimum absolute atomic E-state index is 0.642. The Morgan fingerprint density at radius 3 is 2.65 bits per heavy atom. The van der Waals surface area contributed by atoms with E-state index in [-0.39, 0.29) is 0 Å². The lowest BCUT2D eigenvalue weighted by Gasteiger charge is -2.37. The number of benzene rings is 1. The molecule has 3 rings (SSSR count). The van der Waals surface area contributed by atoms with Crippen molar-refractivity contribution >= 4 is 10.9 Å². The van der Waals surface area contributed by atoms with Crippen LogP contribution in [-0.4, -0.2) is 4.98 Å². The van der Waals surface area contributed by atoms with Gasteiger partial charge in [-0.2, -0.15) is 0 Å². The molecule has 1 aliphatic carbocycles. The van der Waals surface area contributed by atoms with Gasteiger partial charge < -0.3 is 0 Å². The van der Waals surface area contributed by atoms with Crippen LogP contribution in [0.3, 0.4) is 0 Å². The average Bonchev–Trinajstić information content (AvgIpc) is 2.46. The van der Waals surface area contributed by atoms with Gasteiger partial charge in [0.2, 0.25) is 0 Å². The Morgan fingerprint density at radius 1 is 1.05 bits per heavy atom. The molecule has 0 radical (unpaired) electrons. The van der Waals surface area contributed by atoms with Gasteiger partial charge in [-0.05, 0) is 42.7 Å². The summed E-state index contributed by atoms with van der Waals surface area (Å²) in [5.41, 5.74) is 2.46. The number of fused-ring (bicyclic) bond motifs is 1. The molecule has 0 spiro atoms. The number of aromatic nitrogens is 1. The molecule has 0 bridgehead atoms. The Kier molecular flexibility index (Phi) is 3.78. The van der Waals surface area contributed by atoms with E-state index in [0.29, 0.717) is 5.92 Å². The normalized spacial score (nSPS) is 27.1. The zero-order chi connectivity index (χ0) is 14.1. The van der Waals surface area contributed by atoms with Crippen LogP contribution in [0.1, 0.15) is 51.6 Å². The van der Waals surface area contributed by atoms with E-state index in [9.17, 15) is 0 Å². The van der Waals surface area contributed by atoms with Gasteiger partial charge >= 0.3 is 0 Å². The summed E-state index contributed by atoms with van der Waals surface area (Å²) in [6.45, 7) is 7.13. The first-order chi connectivity index (χ1) is 9.65. The molecular weight excluding hydrogens is 242 g/mol. The lowest BCUT2D eigenvalue weighted by Crippen LogP contribution is -2.26. The topological polar surface area (TPSA) is 12.9 Å². The summed E-state index contributed by atoms with van der Waals surface area (Å²) >= 11 is 0. The second kappa shape index (κ2) is 5.55. The number of pyridine rings is 1. The van der Waals surface area contributed by atoms with Crippen LogP contribution < -0.4 is 0 Å². The summed E-state index contributed by atoms with van der Waals surface area (Å²) in [4.78, 5) is 4.97. The van der Waals surface area contributed by atoms with Crippen molar-refractivity contribution in [3.63, 3.8) is 0 Å². The Morgan fingerprint density at radius 2 is 1.85 bits per heavy atom. The Hall–Kier alpha value is -1.37. The van der Waals surface area contributed by atoms with Crippen molar-refractivity contribution < 1.29 is 0 Å². The first-order valence-electron chi connectivity index (χ1n) is 8.01. The maximum absolute atomic E-state index is 4.97. The SMILES string of the molecule is CC(C)[C@@H]1CC[C@@H](C)C[C@H]1c1ccc2ccccc2n1. The highest BCUT2D eigenvalue weighted by Gasteiger charge is 2.32. The second-order valence-electron chi connectivity index (χ2n) is 6.86. The number of rotatable bonds is 2. The predicted octanol–water partition coefficient (Wildman–Crippen LogP) is 5.41. The molecule has 1 heteroatoms. The van der Waals surface area contributed by atoms with E-state index in [4.69, 9.17) is 4.98 Å². The minimum Gasteiger partial charge on any atom is -0.253 e. The van der Waals surface area contributed by atoms with Crippen LogP contribution in [0.4, 0.5) is 0 Å². The maximum atomic E-state index is 4.97. The van der Waals surface area contributed by atoms with E-state index >= 15 is 0 Å². The van der Waals surface area contributed by atoms with Crippen LogP contribution in [0.2, 0.25) is 0 Å². The third kappa shape index (κ3) is 2.59. The van der Waals surface area contributed by atoms with E-state index in [0.717, 1.165) is 23.3 Å². The van der Waals surface area contributed by atoms with E-state index in [1.54, 1.807) is 0 Å². The van der Waals surface area contributed by atoms with Crippen molar-refractivity contribution in [1.29, 1.82) is 0 Å². The predicted molar refractivity (Wildman–Crippen MR) is 85.8 cm³/mol. The fourth-order valence-electron chi connectivity index (χ4n) is 3.83. The van der Waals surface area contributed by atoms with Crippen molar-refractivity contribution in [2.24, 2.45) is 17.8 Å². The first kappa shape index (κ1) is 13.6. The molecule has 3 atom stereocenters. The van der Waals surface area contributed by atoms with Gasteiger partial charge in [0.25, 0.3) is 0 Å². The fourth-order valence-corrected chi connectivity index (χ4v) is 3.83. The molecule has 106 valence electrons. The molecule has 1 aromatic heterocycles. The van der Waals surface area contributed by atoms with Crippen LogP contribution in [-0.2, 0) is 0 Å². The highest BCUT2D eigenvalue weighted by Crippen LogP contribution is 2.43. The first-order valence-corrected chi connectivity index (χ1v) is 8.01. The highest BCUT2D eigenvalue weighted by atomic mass is 14.7. The molecule has 1 aromatic carbocycles. The highest BCUT2D eigenvalue weighted by molar-refractivity contribution is 5.78. The van der Waals surface area contributed by atoms with Crippen LogP contribution in [0.5, 0.6) is 0 Å². The molecule has 0 amide bonds. The van der Waals surface area contributed by atoms with E-state index < -0.39 is 0 Å². The summed E-state index contributed by atoms with van der Waals surface area (Å²) in [5.74, 6) is 3.02. The molecule has 2 aromatic rings. The van der Waals surface area contributed by atoms with Gasteiger partial charge in [-0.3, -0.25) is 4.98 Å². The summed E-state index contributed by atoms with van der Waals surface area (Å²) in [6.07, 6.45) is 4.04. The molecule has 0 N–H and O–H groups in total. The van der Waals surface area contributed by atoms with Crippen molar-refractivity contribution in [3.05, 3.63) is 42.1 Å². The van der Waals surface area contributed by atoms with Crippen molar-refractivity contribution in [3.8, 4) is 0 Å². The summed E-state index contributed by atoms with van der Waals surface area (Å²) in [5, 5.41) is 1.25. The lowest BCUT2D eigenvalue weighted by atomic mass is 9.69. The van der Waals surface area contributed by atoms with Gasteiger partial charge in [-0.15, -0.1) is 0 Å². The summed E-state index contributed by atoms with van der Waals surface area (Å²) in [7, 11) is 0. The van der Waals surface area contributed by atoms with Gasteiger partial charge in [-0.25, -0.2) is 0 Å². The molecule has 0 aliphatic heterocycles.